The minimum Gasteiger partial charge on any atom is -0.481 e. The molecule has 2 amide bonds. The van der Waals surface area contributed by atoms with Gasteiger partial charge in [0.2, 0.25) is 5.13 Å². The molecule has 1 heterocycles. The van der Waals surface area contributed by atoms with E-state index in [1.165, 1.54) is 37.0 Å². The van der Waals surface area contributed by atoms with E-state index in [1.54, 1.807) is 0 Å². The number of amides is 2. The zero-order chi connectivity index (χ0) is 20.1. The summed E-state index contributed by atoms with van der Waals surface area (Å²) in [5.74, 6) is 0.527. The minimum absolute atomic E-state index is 0.0603. The number of thioether (sulfide) groups is 1. The lowest BCUT2D eigenvalue weighted by molar-refractivity contribution is -0.133. The van der Waals surface area contributed by atoms with Gasteiger partial charge in [0.1, 0.15) is 0 Å². The van der Waals surface area contributed by atoms with Crippen molar-refractivity contribution in [3.05, 3.63) is 0 Å². The molecule has 0 aromatic carbocycles. The molecule has 7 nitrogen and oxygen atoms in total. The quantitative estimate of drug-likeness (QED) is 0.505. The fraction of sp³-hybridized carbons (Fsp3) is 0.789. The van der Waals surface area contributed by atoms with Gasteiger partial charge in [0.25, 0.3) is 0 Å². The molecule has 0 saturated heterocycles. The van der Waals surface area contributed by atoms with E-state index in [9.17, 15) is 9.59 Å². The highest BCUT2D eigenvalue weighted by atomic mass is 32.2. The highest BCUT2D eigenvalue weighted by Crippen LogP contribution is 2.34. The summed E-state index contributed by atoms with van der Waals surface area (Å²) in [4.78, 5) is 26.0. The number of urea groups is 1. The smallest absolute Gasteiger partial charge is 0.324 e. The largest absolute Gasteiger partial charge is 0.481 e. The molecule has 1 aromatic heterocycles. The van der Waals surface area contributed by atoms with E-state index in [2.05, 4.69) is 34.3 Å². The van der Waals surface area contributed by atoms with E-state index >= 15 is 0 Å². The van der Waals surface area contributed by atoms with E-state index in [0.29, 0.717) is 21.6 Å². The number of rotatable bonds is 6. The van der Waals surface area contributed by atoms with Gasteiger partial charge in [-0.25, -0.2) is 4.79 Å². The Balaban J connectivity index is 1.66. The molecule has 1 aromatic rings. The Morgan fingerprint density at radius 2 is 1.57 bits per heavy atom. The third kappa shape index (κ3) is 5.83. The second-order valence-electron chi connectivity index (χ2n) is 8.22. The summed E-state index contributed by atoms with van der Waals surface area (Å²) in [5.41, 5.74) is 0. The van der Waals surface area contributed by atoms with Gasteiger partial charge in [-0.3, -0.25) is 10.1 Å². The summed E-state index contributed by atoms with van der Waals surface area (Å²) >= 11 is 2.36. The zero-order valence-electron chi connectivity index (χ0n) is 16.6. The van der Waals surface area contributed by atoms with Crippen molar-refractivity contribution in [2.45, 2.75) is 81.6 Å². The molecule has 2 fully saturated rings. The maximum Gasteiger partial charge on any atom is 0.324 e. The zero-order valence-corrected chi connectivity index (χ0v) is 18.2. The van der Waals surface area contributed by atoms with Crippen molar-refractivity contribution in [3.63, 3.8) is 0 Å². The van der Waals surface area contributed by atoms with Gasteiger partial charge in [0, 0.05) is 12.1 Å². The Morgan fingerprint density at radius 3 is 2.07 bits per heavy atom. The van der Waals surface area contributed by atoms with Crippen LogP contribution in [0.15, 0.2) is 4.34 Å². The monoisotopic (exact) mass is 426 g/mol. The Bertz CT molecular complexity index is 646. The van der Waals surface area contributed by atoms with Crippen molar-refractivity contribution in [1.29, 1.82) is 0 Å². The van der Waals surface area contributed by atoms with E-state index in [1.807, 2.05) is 0 Å². The molecular formula is C19H30N4O3S2. The molecule has 2 aliphatic rings. The van der Waals surface area contributed by atoms with Crippen molar-refractivity contribution in [3.8, 4) is 0 Å². The van der Waals surface area contributed by atoms with Gasteiger partial charge >= 0.3 is 12.0 Å². The number of nitrogens with zero attached hydrogens (tertiary/aromatic N) is 3. The molecular weight excluding hydrogens is 396 g/mol. The van der Waals surface area contributed by atoms with Crippen molar-refractivity contribution >= 4 is 40.2 Å². The maximum absolute atomic E-state index is 13.2. The first-order valence-corrected chi connectivity index (χ1v) is 12.0. The van der Waals surface area contributed by atoms with Crippen LogP contribution in [0.25, 0.3) is 0 Å². The molecule has 0 atom stereocenters. The number of hydrogen-bond acceptors (Lipinski definition) is 6. The van der Waals surface area contributed by atoms with Crippen molar-refractivity contribution in [1.82, 2.24) is 15.1 Å². The van der Waals surface area contributed by atoms with Gasteiger partial charge in [0.05, 0.1) is 5.75 Å². The summed E-state index contributed by atoms with van der Waals surface area (Å²) in [6.45, 7) is 4.58. The predicted molar refractivity (Wildman–Crippen MR) is 112 cm³/mol. The van der Waals surface area contributed by atoms with Crippen LogP contribution in [0, 0.1) is 11.8 Å². The van der Waals surface area contributed by atoms with E-state index in [4.69, 9.17) is 5.11 Å². The summed E-state index contributed by atoms with van der Waals surface area (Å²) in [5, 5.41) is 20.2. The van der Waals surface area contributed by atoms with Crippen LogP contribution in [0.1, 0.15) is 65.2 Å². The highest BCUT2D eigenvalue weighted by Gasteiger charge is 2.35. The van der Waals surface area contributed by atoms with E-state index < -0.39 is 5.97 Å². The second-order valence-corrected chi connectivity index (χ2v) is 10.4. The number of carbonyl (C=O) groups is 2. The average Bonchev–Trinajstić information content (AvgIpc) is 3.11. The first kappa shape index (κ1) is 21.4. The highest BCUT2D eigenvalue weighted by molar-refractivity contribution is 8.01. The number of nitrogens with one attached hydrogen (secondary N) is 1. The Hall–Kier alpha value is -1.35. The molecule has 2 N–H and O–H groups in total. The Morgan fingerprint density at radius 1 is 1.04 bits per heavy atom. The van der Waals surface area contributed by atoms with Gasteiger partial charge < -0.3 is 10.0 Å². The van der Waals surface area contributed by atoms with Crippen LogP contribution in [-0.4, -0.2) is 50.0 Å². The van der Waals surface area contributed by atoms with Gasteiger partial charge in [-0.15, -0.1) is 10.2 Å². The van der Waals surface area contributed by atoms with Gasteiger partial charge in [-0.05, 0) is 63.2 Å². The lowest BCUT2D eigenvalue weighted by Crippen LogP contribution is -2.51. The molecule has 9 heteroatoms. The van der Waals surface area contributed by atoms with Gasteiger partial charge in [0.15, 0.2) is 4.34 Å². The van der Waals surface area contributed by atoms with Crippen LogP contribution in [0.5, 0.6) is 0 Å². The van der Waals surface area contributed by atoms with Gasteiger partial charge in [-0.2, -0.15) is 0 Å². The predicted octanol–water partition coefficient (Wildman–Crippen LogP) is 4.71. The first-order valence-electron chi connectivity index (χ1n) is 10.2. The molecule has 0 bridgehead atoms. The lowest BCUT2D eigenvalue weighted by atomic mass is 9.82. The van der Waals surface area contributed by atoms with Crippen molar-refractivity contribution in [2.75, 3.05) is 11.1 Å². The maximum atomic E-state index is 13.2. The molecule has 0 spiro atoms. The number of aromatic nitrogens is 2. The minimum atomic E-state index is -0.894. The van der Waals surface area contributed by atoms with Crippen LogP contribution in [0.4, 0.5) is 9.93 Å². The fourth-order valence-electron chi connectivity index (χ4n) is 4.27. The van der Waals surface area contributed by atoms with Crippen LogP contribution in [0.3, 0.4) is 0 Å². The molecule has 2 aliphatic carbocycles. The average molecular weight is 427 g/mol. The molecule has 3 rings (SSSR count). The second kappa shape index (κ2) is 9.91. The topological polar surface area (TPSA) is 95.4 Å². The van der Waals surface area contributed by atoms with Crippen LogP contribution in [0.2, 0.25) is 0 Å². The Kier molecular flexibility index (Phi) is 7.56. The van der Waals surface area contributed by atoms with Crippen LogP contribution < -0.4 is 5.32 Å². The van der Waals surface area contributed by atoms with Crippen LogP contribution in [-0.2, 0) is 4.79 Å². The summed E-state index contributed by atoms with van der Waals surface area (Å²) < 4.78 is 0.558. The molecule has 28 heavy (non-hydrogen) atoms. The fourth-order valence-corrected chi connectivity index (χ4v) is 5.73. The number of carbonyl (C=O) groups excluding carboxylic acids is 1. The van der Waals surface area contributed by atoms with Crippen molar-refractivity contribution in [2.24, 2.45) is 11.8 Å². The first-order chi connectivity index (χ1) is 13.4. The van der Waals surface area contributed by atoms with E-state index in [-0.39, 0.29) is 11.8 Å². The molecule has 0 unspecified atom stereocenters. The lowest BCUT2D eigenvalue weighted by Gasteiger charge is -2.43. The summed E-state index contributed by atoms with van der Waals surface area (Å²) in [6, 6.07) is 0.511. The third-order valence-corrected chi connectivity index (χ3v) is 7.89. The van der Waals surface area contributed by atoms with Gasteiger partial charge in [-0.1, -0.05) is 36.9 Å². The summed E-state index contributed by atoms with van der Waals surface area (Å²) in [7, 11) is 0. The Labute approximate surface area is 174 Å². The number of anilines is 1. The number of aliphatic carboxylic acids is 1. The standard InChI is InChI=1S/C19H30N4O3S2/c1-12-3-7-14(8-4-12)23(15-9-5-13(2)6-10-15)18(26)20-17-21-22-19(28-17)27-11-16(24)25/h12-15H,3-11H2,1-2H3,(H,24,25)(H,20,21,26). The normalized spacial score (nSPS) is 27.9. The molecule has 0 radical (unpaired) electrons. The third-order valence-electron chi connectivity index (χ3n) is 5.93. The van der Waals surface area contributed by atoms with Crippen molar-refractivity contribution < 1.29 is 14.7 Å². The molecule has 0 aliphatic heterocycles. The summed E-state index contributed by atoms with van der Waals surface area (Å²) in [6.07, 6.45) is 8.96. The van der Waals surface area contributed by atoms with Crippen LogP contribution >= 0.6 is 23.1 Å². The SMILES string of the molecule is CC1CCC(N(C(=O)Nc2nnc(SCC(=O)O)s2)C2CCC(C)CC2)CC1. The number of carboxylic acids is 1. The number of hydrogen-bond donors (Lipinski definition) is 2. The van der Waals surface area contributed by atoms with E-state index in [0.717, 1.165) is 49.3 Å². The molecule has 156 valence electrons. The number of carboxylic acid groups (broad SMARTS) is 1. The molecule has 2 saturated carbocycles.